The van der Waals surface area contributed by atoms with E-state index < -0.39 is 17.9 Å². The summed E-state index contributed by atoms with van der Waals surface area (Å²) in [5.74, 6) is -0.817. The number of ether oxygens (including phenoxy) is 1. The molecule has 26 heavy (non-hydrogen) atoms. The Balaban J connectivity index is 2.08. The van der Waals surface area contributed by atoms with Crippen LogP contribution in [0.4, 0.5) is 0 Å². The summed E-state index contributed by atoms with van der Waals surface area (Å²) in [6, 6.07) is 15.3. The lowest BCUT2D eigenvalue weighted by atomic mass is 10.0. The lowest BCUT2D eigenvalue weighted by Gasteiger charge is -2.13. The molecule has 0 radical (unpaired) electrons. The predicted octanol–water partition coefficient (Wildman–Crippen LogP) is 3.11. The smallest absolute Gasteiger partial charge is 0.325 e. The third-order valence-electron chi connectivity index (χ3n) is 4.06. The van der Waals surface area contributed by atoms with Gasteiger partial charge in [-0.15, -0.1) is 0 Å². The Morgan fingerprint density at radius 3 is 2.46 bits per heavy atom. The van der Waals surface area contributed by atoms with Crippen molar-refractivity contribution in [3.8, 4) is 17.0 Å². The number of methoxy groups -OCH3 is 1. The van der Waals surface area contributed by atoms with Crippen molar-refractivity contribution in [2.75, 3.05) is 7.11 Å². The van der Waals surface area contributed by atoms with Crippen molar-refractivity contribution in [2.24, 2.45) is 0 Å². The van der Waals surface area contributed by atoms with Crippen LogP contribution >= 0.6 is 0 Å². The van der Waals surface area contributed by atoms with Gasteiger partial charge in [0.05, 0.1) is 23.9 Å². The van der Waals surface area contributed by atoms with Crippen molar-refractivity contribution in [3.05, 3.63) is 60.2 Å². The average Bonchev–Trinajstić information content (AvgIpc) is 2.67. The molecule has 1 aromatic heterocycles. The average molecular weight is 350 g/mol. The highest BCUT2D eigenvalue weighted by Gasteiger charge is 2.18. The van der Waals surface area contributed by atoms with Crippen molar-refractivity contribution in [1.82, 2.24) is 10.3 Å². The number of aliphatic carboxylic acids is 1. The van der Waals surface area contributed by atoms with Crippen LogP contribution in [0.15, 0.2) is 54.6 Å². The van der Waals surface area contributed by atoms with E-state index in [2.05, 4.69) is 10.3 Å². The van der Waals surface area contributed by atoms with Gasteiger partial charge in [0, 0.05) is 10.9 Å². The number of nitrogens with zero attached hydrogens (tertiary/aromatic N) is 1. The number of benzene rings is 2. The molecule has 2 N–H and O–H groups in total. The highest BCUT2D eigenvalue weighted by molar-refractivity contribution is 6.08. The summed E-state index contributed by atoms with van der Waals surface area (Å²) >= 11 is 0. The van der Waals surface area contributed by atoms with Crippen LogP contribution in [0.1, 0.15) is 17.3 Å². The maximum atomic E-state index is 12.6. The molecule has 0 saturated carbocycles. The zero-order chi connectivity index (χ0) is 18.7. The number of pyridine rings is 1. The van der Waals surface area contributed by atoms with Crippen molar-refractivity contribution < 1.29 is 19.4 Å². The van der Waals surface area contributed by atoms with Crippen molar-refractivity contribution in [3.63, 3.8) is 0 Å². The van der Waals surface area contributed by atoms with Crippen molar-refractivity contribution >= 4 is 22.8 Å². The molecule has 1 atom stereocenters. The van der Waals surface area contributed by atoms with Crippen LogP contribution in [-0.4, -0.2) is 35.1 Å². The molecular weight excluding hydrogens is 332 g/mol. The van der Waals surface area contributed by atoms with E-state index in [4.69, 9.17) is 9.84 Å². The Kier molecular flexibility index (Phi) is 4.84. The summed E-state index contributed by atoms with van der Waals surface area (Å²) in [7, 11) is 1.59. The molecule has 1 amide bonds. The van der Waals surface area contributed by atoms with Gasteiger partial charge in [-0.1, -0.05) is 18.2 Å². The van der Waals surface area contributed by atoms with Crippen LogP contribution < -0.4 is 10.1 Å². The Bertz CT molecular complexity index is 967. The molecule has 1 unspecified atom stereocenters. The molecular formula is C20H18N2O4. The quantitative estimate of drug-likeness (QED) is 0.738. The number of hydrogen-bond acceptors (Lipinski definition) is 4. The summed E-state index contributed by atoms with van der Waals surface area (Å²) in [5.41, 5.74) is 2.50. The first-order valence-electron chi connectivity index (χ1n) is 8.07. The first-order chi connectivity index (χ1) is 12.5. The fraction of sp³-hybridized carbons (Fsp3) is 0.150. The molecule has 0 aliphatic carbocycles. The van der Waals surface area contributed by atoms with E-state index >= 15 is 0 Å². The second kappa shape index (κ2) is 7.23. The van der Waals surface area contributed by atoms with Crippen LogP contribution in [0, 0.1) is 0 Å². The first kappa shape index (κ1) is 17.4. The number of carbonyl (C=O) groups excluding carboxylic acids is 1. The number of fused-ring (bicyclic) bond motifs is 1. The van der Waals surface area contributed by atoms with Gasteiger partial charge >= 0.3 is 5.97 Å². The van der Waals surface area contributed by atoms with Gasteiger partial charge in [-0.05, 0) is 43.3 Å². The van der Waals surface area contributed by atoms with Gasteiger partial charge in [-0.3, -0.25) is 9.59 Å². The van der Waals surface area contributed by atoms with Gasteiger partial charge in [0.1, 0.15) is 11.8 Å². The molecule has 132 valence electrons. The number of para-hydroxylation sites is 1. The van der Waals surface area contributed by atoms with Crippen LogP contribution in [0.5, 0.6) is 5.75 Å². The molecule has 2 aromatic carbocycles. The minimum atomic E-state index is -1.09. The topological polar surface area (TPSA) is 88.5 Å². The molecule has 0 aliphatic rings. The van der Waals surface area contributed by atoms with E-state index in [1.54, 1.807) is 19.2 Å². The van der Waals surface area contributed by atoms with Gasteiger partial charge in [-0.25, -0.2) is 4.98 Å². The highest BCUT2D eigenvalue weighted by Crippen LogP contribution is 2.26. The Morgan fingerprint density at radius 2 is 1.81 bits per heavy atom. The first-order valence-corrected chi connectivity index (χ1v) is 8.07. The number of hydrogen-bond donors (Lipinski definition) is 2. The molecule has 3 rings (SSSR count). The van der Waals surface area contributed by atoms with E-state index in [1.807, 2.05) is 42.5 Å². The maximum Gasteiger partial charge on any atom is 0.325 e. The molecule has 0 fully saturated rings. The lowest BCUT2D eigenvalue weighted by molar-refractivity contribution is -0.138. The summed E-state index contributed by atoms with van der Waals surface area (Å²) in [5, 5.41) is 12.2. The lowest BCUT2D eigenvalue weighted by Crippen LogP contribution is -2.38. The third kappa shape index (κ3) is 3.49. The molecule has 0 bridgehead atoms. The molecule has 6 heteroatoms. The van der Waals surface area contributed by atoms with Gasteiger partial charge < -0.3 is 15.2 Å². The SMILES string of the molecule is COc1ccc(-c2cc(C(=O)NC(C)C(=O)O)c3ccccc3n2)cc1. The monoisotopic (exact) mass is 350 g/mol. The second-order valence-electron chi connectivity index (χ2n) is 5.83. The largest absolute Gasteiger partial charge is 0.497 e. The fourth-order valence-corrected chi connectivity index (χ4v) is 2.61. The fourth-order valence-electron chi connectivity index (χ4n) is 2.61. The number of aromatic nitrogens is 1. The zero-order valence-corrected chi connectivity index (χ0v) is 14.4. The van der Waals surface area contributed by atoms with E-state index in [9.17, 15) is 9.59 Å². The third-order valence-corrected chi connectivity index (χ3v) is 4.06. The summed E-state index contributed by atoms with van der Waals surface area (Å²) in [6.45, 7) is 1.42. The van der Waals surface area contributed by atoms with Gasteiger partial charge in [0.2, 0.25) is 0 Å². The number of nitrogens with one attached hydrogen (secondary N) is 1. The van der Waals surface area contributed by atoms with Crippen molar-refractivity contribution in [2.45, 2.75) is 13.0 Å². The standard InChI is InChI=1S/C20H18N2O4/c1-12(20(24)25)21-19(23)16-11-18(13-7-9-14(26-2)10-8-13)22-17-6-4-3-5-15(16)17/h3-12H,1-2H3,(H,21,23)(H,24,25). The molecule has 0 saturated heterocycles. The summed E-state index contributed by atoms with van der Waals surface area (Å²) in [6.07, 6.45) is 0. The minimum absolute atomic E-state index is 0.384. The van der Waals surface area contributed by atoms with E-state index in [1.165, 1.54) is 6.92 Å². The van der Waals surface area contributed by atoms with Gasteiger partial charge in [0.15, 0.2) is 0 Å². The van der Waals surface area contributed by atoms with E-state index in [0.717, 1.165) is 11.3 Å². The zero-order valence-electron chi connectivity index (χ0n) is 14.4. The molecule has 1 heterocycles. The van der Waals surface area contributed by atoms with Crippen LogP contribution in [-0.2, 0) is 4.79 Å². The molecule has 0 aliphatic heterocycles. The molecule has 0 spiro atoms. The number of carboxylic acids is 1. The second-order valence-corrected chi connectivity index (χ2v) is 5.83. The Hall–Kier alpha value is -3.41. The van der Waals surface area contributed by atoms with Crippen molar-refractivity contribution in [1.29, 1.82) is 0 Å². The van der Waals surface area contributed by atoms with Gasteiger partial charge in [0.25, 0.3) is 5.91 Å². The normalized spacial score (nSPS) is 11.8. The Labute approximate surface area is 150 Å². The van der Waals surface area contributed by atoms with Crippen LogP contribution in [0.3, 0.4) is 0 Å². The highest BCUT2D eigenvalue weighted by atomic mass is 16.5. The number of carboxylic acid groups (broad SMARTS) is 1. The number of carbonyl (C=O) groups is 2. The van der Waals surface area contributed by atoms with E-state index in [0.29, 0.717) is 22.2 Å². The minimum Gasteiger partial charge on any atom is -0.497 e. The molecule has 3 aromatic rings. The predicted molar refractivity (Wildman–Crippen MR) is 98.3 cm³/mol. The number of amides is 1. The summed E-state index contributed by atoms with van der Waals surface area (Å²) < 4.78 is 5.16. The van der Waals surface area contributed by atoms with Gasteiger partial charge in [-0.2, -0.15) is 0 Å². The molecule has 6 nitrogen and oxygen atoms in total. The van der Waals surface area contributed by atoms with E-state index in [-0.39, 0.29) is 0 Å². The summed E-state index contributed by atoms with van der Waals surface area (Å²) in [4.78, 5) is 28.3. The van der Waals surface area contributed by atoms with Crippen LogP contribution in [0.25, 0.3) is 22.2 Å². The Morgan fingerprint density at radius 1 is 1.12 bits per heavy atom. The number of rotatable bonds is 5. The van der Waals surface area contributed by atoms with Crippen LogP contribution in [0.2, 0.25) is 0 Å². The maximum absolute atomic E-state index is 12.6.